The predicted molar refractivity (Wildman–Crippen MR) is 133 cm³/mol. The van der Waals surface area contributed by atoms with E-state index in [2.05, 4.69) is 9.88 Å². The molecule has 6 nitrogen and oxygen atoms in total. The third-order valence-electron chi connectivity index (χ3n) is 5.86. The molecule has 0 atom stereocenters. The van der Waals surface area contributed by atoms with Gasteiger partial charge in [-0.3, -0.25) is 9.69 Å². The first-order valence-electron chi connectivity index (χ1n) is 12.1. The van der Waals surface area contributed by atoms with Gasteiger partial charge < -0.3 is 9.47 Å². The van der Waals surface area contributed by atoms with Gasteiger partial charge in [0.25, 0.3) is 6.43 Å². The fourth-order valence-electron chi connectivity index (χ4n) is 4.09. The molecule has 190 valence electrons. The summed E-state index contributed by atoms with van der Waals surface area (Å²) in [6.45, 7) is 7.83. The van der Waals surface area contributed by atoms with Gasteiger partial charge in [-0.15, -0.1) is 0 Å². The molecule has 0 spiro atoms. The van der Waals surface area contributed by atoms with Crippen LogP contribution in [-0.2, 0) is 29.1 Å². The Bertz CT molecular complexity index is 1190. The second-order valence-corrected chi connectivity index (χ2v) is 9.84. The number of benzene rings is 2. The van der Waals surface area contributed by atoms with Gasteiger partial charge in [-0.1, -0.05) is 24.3 Å². The number of hydrogen-bond acceptors (Lipinski definition) is 6. The van der Waals surface area contributed by atoms with Crippen LogP contribution in [0.25, 0.3) is 11.4 Å². The van der Waals surface area contributed by atoms with Gasteiger partial charge in [0.05, 0.1) is 12.1 Å². The molecule has 1 aliphatic heterocycles. The van der Waals surface area contributed by atoms with E-state index in [0.717, 1.165) is 29.8 Å². The first-order chi connectivity index (χ1) is 17.2. The smallest absolute Gasteiger partial charge is 0.307 e. The number of carbonyl (C=O) groups excluding carboxylic acids is 1. The maximum atomic E-state index is 13.2. The van der Waals surface area contributed by atoms with Gasteiger partial charge >= 0.3 is 5.97 Å². The normalized spacial score (nSPS) is 13.9. The number of nitrogens with zero attached hydrogens (tertiary/aromatic N) is 3. The molecule has 0 fully saturated rings. The number of aromatic nitrogens is 2. The van der Waals surface area contributed by atoms with Crippen LogP contribution in [0.15, 0.2) is 54.7 Å². The average molecular weight is 496 g/mol. The lowest BCUT2D eigenvalue weighted by Crippen LogP contribution is -2.34. The molecule has 0 unspecified atom stereocenters. The van der Waals surface area contributed by atoms with Crippen molar-refractivity contribution in [1.82, 2.24) is 14.9 Å². The summed E-state index contributed by atoms with van der Waals surface area (Å²) in [7, 11) is 0. The predicted octanol–water partition coefficient (Wildman–Crippen LogP) is 5.75. The second kappa shape index (κ2) is 11.1. The molecule has 3 aromatic rings. The van der Waals surface area contributed by atoms with Gasteiger partial charge in [-0.05, 0) is 50.6 Å². The topological polar surface area (TPSA) is 64.5 Å². The molecule has 0 aliphatic carbocycles. The average Bonchev–Trinajstić information content (AvgIpc) is 2.85. The number of rotatable bonds is 8. The molecule has 0 N–H and O–H groups in total. The molecule has 4 rings (SSSR count). The van der Waals surface area contributed by atoms with Gasteiger partial charge in [0, 0.05) is 48.9 Å². The minimum atomic E-state index is -2.54. The van der Waals surface area contributed by atoms with Crippen molar-refractivity contribution in [3.63, 3.8) is 0 Å². The van der Waals surface area contributed by atoms with Crippen molar-refractivity contribution in [2.24, 2.45) is 0 Å². The fourth-order valence-corrected chi connectivity index (χ4v) is 4.09. The maximum absolute atomic E-state index is 13.2. The quantitative estimate of drug-likeness (QED) is 0.371. The minimum absolute atomic E-state index is 0.0139. The highest BCUT2D eigenvalue weighted by Crippen LogP contribution is 2.26. The van der Waals surface area contributed by atoms with Gasteiger partial charge in [-0.25, -0.2) is 18.7 Å². The van der Waals surface area contributed by atoms with Crippen LogP contribution < -0.4 is 4.74 Å². The molecule has 0 amide bonds. The number of esters is 1. The van der Waals surface area contributed by atoms with Crippen LogP contribution in [0.4, 0.5) is 8.78 Å². The van der Waals surface area contributed by atoms with Crippen molar-refractivity contribution in [1.29, 1.82) is 0 Å². The van der Waals surface area contributed by atoms with Crippen molar-refractivity contribution in [3.8, 4) is 17.1 Å². The van der Waals surface area contributed by atoms with E-state index in [-0.39, 0.29) is 18.1 Å². The van der Waals surface area contributed by atoms with Crippen molar-refractivity contribution < 1.29 is 23.0 Å². The Morgan fingerprint density at radius 3 is 2.58 bits per heavy atom. The highest BCUT2D eigenvalue weighted by molar-refractivity contribution is 5.70. The standard InChI is InChI=1S/C28H31F2N3O3/c1-28(2,3)36-25(34)13-15-33-14-12-24-21(17-33)16-31-27(32-24)19-8-10-22(11-9-19)35-18-20-6-4-5-7-23(20)26(29)30/h4-11,16,26H,12-15,17-18H2,1-3H3. The lowest BCUT2D eigenvalue weighted by Gasteiger charge is -2.28. The lowest BCUT2D eigenvalue weighted by molar-refractivity contribution is -0.155. The number of carbonyl (C=O) groups is 1. The van der Waals surface area contributed by atoms with Crippen LogP contribution in [0.2, 0.25) is 0 Å². The number of hydrogen-bond donors (Lipinski definition) is 0. The van der Waals surface area contributed by atoms with E-state index in [4.69, 9.17) is 14.5 Å². The summed E-state index contributed by atoms with van der Waals surface area (Å²) in [5.74, 6) is 1.03. The fraction of sp³-hybridized carbons (Fsp3) is 0.393. The summed E-state index contributed by atoms with van der Waals surface area (Å²) in [4.78, 5) is 23.5. The van der Waals surface area contributed by atoms with Crippen LogP contribution in [0.1, 0.15) is 56.0 Å². The lowest BCUT2D eigenvalue weighted by atomic mass is 10.1. The minimum Gasteiger partial charge on any atom is -0.489 e. The molecule has 0 radical (unpaired) electrons. The molecular weight excluding hydrogens is 464 g/mol. The highest BCUT2D eigenvalue weighted by Gasteiger charge is 2.21. The Morgan fingerprint density at radius 2 is 1.86 bits per heavy atom. The van der Waals surface area contributed by atoms with Gasteiger partial charge in [0.1, 0.15) is 18.0 Å². The first kappa shape index (κ1) is 25.7. The molecule has 2 heterocycles. The molecule has 0 bridgehead atoms. The number of fused-ring (bicyclic) bond motifs is 1. The SMILES string of the molecule is CC(C)(C)OC(=O)CCN1CCc2nc(-c3ccc(OCc4ccccc4C(F)F)cc3)ncc2C1. The molecule has 36 heavy (non-hydrogen) atoms. The summed E-state index contributed by atoms with van der Waals surface area (Å²) in [5.41, 5.74) is 2.91. The van der Waals surface area contributed by atoms with Crippen molar-refractivity contribution in [2.45, 2.75) is 58.8 Å². The molecule has 8 heteroatoms. The van der Waals surface area contributed by atoms with E-state index in [0.29, 0.717) is 36.6 Å². The largest absolute Gasteiger partial charge is 0.489 e. The van der Waals surface area contributed by atoms with Gasteiger partial charge in [0.15, 0.2) is 5.82 Å². The highest BCUT2D eigenvalue weighted by atomic mass is 19.3. The molecular formula is C28H31F2N3O3. The molecule has 2 aromatic carbocycles. The Hall–Kier alpha value is -3.39. The summed E-state index contributed by atoms with van der Waals surface area (Å²) < 4.78 is 37.5. The molecule has 1 aliphatic rings. The summed E-state index contributed by atoms with van der Waals surface area (Å²) in [6, 6.07) is 13.7. The van der Waals surface area contributed by atoms with E-state index in [1.54, 1.807) is 30.3 Å². The Balaban J connectivity index is 1.34. The van der Waals surface area contributed by atoms with Crippen LogP contribution in [0.3, 0.4) is 0 Å². The summed E-state index contributed by atoms with van der Waals surface area (Å²) >= 11 is 0. The van der Waals surface area contributed by atoms with E-state index in [1.165, 1.54) is 6.07 Å². The maximum Gasteiger partial charge on any atom is 0.307 e. The van der Waals surface area contributed by atoms with E-state index in [1.807, 2.05) is 39.1 Å². The summed E-state index contributed by atoms with van der Waals surface area (Å²) in [6.07, 6.45) is 0.450. The van der Waals surface area contributed by atoms with Crippen LogP contribution in [0, 0.1) is 0 Å². The monoisotopic (exact) mass is 495 g/mol. The van der Waals surface area contributed by atoms with E-state index >= 15 is 0 Å². The third-order valence-corrected chi connectivity index (χ3v) is 5.86. The Kier molecular flexibility index (Phi) is 7.94. The van der Waals surface area contributed by atoms with E-state index < -0.39 is 12.0 Å². The van der Waals surface area contributed by atoms with Gasteiger partial charge in [-0.2, -0.15) is 0 Å². The van der Waals surface area contributed by atoms with E-state index in [9.17, 15) is 13.6 Å². The second-order valence-electron chi connectivity index (χ2n) is 9.84. The summed E-state index contributed by atoms with van der Waals surface area (Å²) in [5, 5.41) is 0. The Labute approximate surface area is 210 Å². The first-order valence-corrected chi connectivity index (χ1v) is 12.1. The van der Waals surface area contributed by atoms with Crippen molar-refractivity contribution in [3.05, 3.63) is 77.1 Å². The number of halogens is 2. The van der Waals surface area contributed by atoms with Crippen LogP contribution in [-0.4, -0.2) is 39.5 Å². The van der Waals surface area contributed by atoms with Crippen molar-refractivity contribution >= 4 is 5.97 Å². The van der Waals surface area contributed by atoms with Crippen LogP contribution >= 0.6 is 0 Å². The zero-order chi connectivity index (χ0) is 25.7. The van der Waals surface area contributed by atoms with Crippen LogP contribution in [0.5, 0.6) is 5.75 Å². The zero-order valence-electron chi connectivity index (χ0n) is 20.8. The molecule has 0 saturated carbocycles. The Morgan fingerprint density at radius 1 is 1.11 bits per heavy atom. The number of alkyl halides is 2. The number of ether oxygens (including phenoxy) is 2. The zero-order valence-corrected chi connectivity index (χ0v) is 20.8. The third kappa shape index (κ3) is 6.85. The molecule has 1 aromatic heterocycles. The van der Waals surface area contributed by atoms with Crippen molar-refractivity contribution in [2.75, 3.05) is 13.1 Å². The van der Waals surface area contributed by atoms with Gasteiger partial charge in [0.2, 0.25) is 0 Å². The molecule has 0 saturated heterocycles.